The predicted octanol–water partition coefficient (Wildman–Crippen LogP) is 2.68. The molecule has 0 bridgehead atoms. The number of nitrogens with one attached hydrogen (secondary N) is 1. The van der Waals surface area contributed by atoms with Crippen molar-refractivity contribution in [2.24, 2.45) is 0 Å². The highest BCUT2D eigenvalue weighted by Crippen LogP contribution is 2.25. The Labute approximate surface area is 123 Å². The van der Waals surface area contributed by atoms with E-state index >= 15 is 0 Å². The Morgan fingerprint density at radius 2 is 1.86 bits per heavy atom. The Bertz CT molecular complexity index is 642. The third kappa shape index (κ3) is 3.17. The third-order valence-corrected chi connectivity index (χ3v) is 2.96. The second-order valence-corrected chi connectivity index (χ2v) is 4.39. The highest BCUT2D eigenvalue weighted by molar-refractivity contribution is 6.09. The fourth-order valence-corrected chi connectivity index (χ4v) is 2.07. The maximum Gasteiger partial charge on any atom is 0.241 e. The molecule has 0 spiro atoms. The summed E-state index contributed by atoms with van der Waals surface area (Å²) in [6.45, 7) is 7.33. The molecular formula is C17H16N2O2. The van der Waals surface area contributed by atoms with Crippen LogP contribution in [0.2, 0.25) is 0 Å². The van der Waals surface area contributed by atoms with Gasteiger partial charge < -0.3 is 5.32 Å². The molecule has 0 saturated carbocycles. The van der Waals surface area contributed by atoms with Crippen molar-refractivity contribution in [3.8, 4) is 0 Å². The molecule has 0 saturated heterocycles. The maximum absolute atomic E-state index is 12.4. The largest absolute Gasteiger partial charge is 0.324 e. The Kier molecular flexibility index (Phi) is 4.51. The van der Waals surface area contributed by atoms with Crippen molar-refractivity contribution in [1.82, 2.24) is 5.32 Å². The maximum atomic E-state index is 12.4. The summed E-state index contributed by atoms with van der Waals surface area (Å²) in [5, 5.41) is 2.69. The lowest BCUT2D eigenvalue weighted by Crippen LogP contribution is -2.29. The van der Waals surface area contributed by atoms with E-state index in [-0.39, 0.29) is 18.2 Å². The van der Waals surface area contributed by atoms with Crippen LogP contribution in [0.25, 0.3) is 0 Å². The van der Waals surface area contributed by atoms with Crippen LogP contribution in [0.1, 0.15) is 6.42 Å². The van der Waals surface area contributed by atoms with E-state index < -0.39 is 0 Å². The van der Waals surface area contributed by atoms with Gasteiger partial charge in [0.1, 0.15) is 6.42 Å². The molecule has 0 unspecified atom stereocenters. The Morgan fingerprint density at radius 1 is 1.14 bits per heavy atom. The molecule has 2 amide bonds. The highest BCUT2D eigenvalue weighted by atomic mass is 16.2. The number of anilines is 1. The zero-order valence-electron chi connectivity index (χ0n) is 11.6. The lowest BCUT2D eigenvalue weighted by molar-refractivity contribution is -0.126. The van der Waals surface area contributed by atoms with Crippen LogP contribution in [-0.4, -0.2) is 11.8 Å². The van der Waals surface area contributed by atoms with Gasteiger partial charge in [-0.2, -0.15) is 0 Å². The number of para-hydroxylation sites is 1. The number of nitrogens with zero attached hydrogens (tertiary/aromatic N) is 1. The minimum Gasteiger partial charge on any atom is -0.324 e. The number of amides is 2. The first-order chi connectivity index (χ1) is 10.2. The molecule has 0 fully saturated rings. The molecule has 1 aliphatic rings. The highest BCUT2D eigenvalue weighted by Gasteiger charge is 2.27. The van der Waals surface area contributed by atoms with Crippen LogP contribution >= 0.6 is 0 Å². The molecule has 1 heterocycles. The molecule has 0 aromatic heterocycles. The van der Waals surface area contributed by atoms with Crippen LogP contribution in [-0.2, 0) is 9.59 Å². The summed E-state index contributed by atoms with van der Waals surface area (Å²) in [4.78, 5) is 25.7. The van der Waals surface area contributed by atoms with E-state index in [4.69, 9.17) is 0 Å². The molecule has 0 aliphatic carbocycles. The van der Waals surface area contributed by atoms with Crippen LogP contribution in [0, 0.1) is 0 Å². The topological polar surface area (TPSA) is 49.4 Å². The fraction of sp³-hybridized carbons (Fsp3) is 0.0588. The van der Waals surface area contributed by atoms with Crippen LogP contribution in [0.3, 0.4) is 0 Å². The molecule has 1 aliphatic heterocycles. The summed E-state index contributed by atoms with van der Waals surface area (Å²) in [6.07, 6.45) is 6.35. The number of rotatable bonds is 4. The first-order valence-corrected chi connectivity index (χ1v) is 6.51. The lowest BCUT2D eigenvalue weighted by atomic mass is 10.2. The van der Waals surface area contributed by atoms with Crippen molar-refractivity contribution in [3.63, 3.8) is 0 Å². The van der Waals surface area contributed by atoms with Crippen LogP contribution < -0.4 is 10.2 Å². The van der Waals surface area contributed by atoms with Crippen molar-refractivity contribution in [1.29, 1.82) is 0 Å². The summed E-state index contributed by atoms with van der Waals surface area (Å²) >= 11 is 0. The van der Waals surface area contributed by atoms with Gasteiger partial charge in [0.15, 0.2) is 0 Å². The van der Waals surface area contributed by atoms with E-state index in [0.717, 1.165) is 0 Å². The van der Waals surface area contributed by atoms with E-state index in [2.05, 4.69) is 18.5 Å². The Morgan fingerprint density at radius 3 is 2.48 bits per heavy atom. The van der Waals surface area contributed by atoms with Gasteiger partial charge in [-0.25, -0.2) is 0 Å². The average Bonchev–Trinajstić information content (AvgIpc) is 2.61. The summed E-state index contributed by atoms with van der Waals surface area (Å²) in [7, 11) is 0. The summed E-state index contributed by atoms with van der Waals surface area (Å²) in [5.74, 6) is -0.642. The zero-order valence-corrected chi connectivity index (χ0v) is 11.6. The smallest absolute Gasteiger partial charge is 0.241 e. The van der Waals surface area contributed by atoms with Crippen molar-refractivity contribution in [2.75, 3.05) is 4.90 Å². The number of benzene rings is 1. The normalized spacial score (nSPS) is 15.9. The molecule has 4 heteroatoms. The number of carbonyl (C=O) groups excluding carboxylic acids is 2. The molecule has 21 heavy (non-hydrogen) atoms. The minimum atomic E-state index is -0.349. The van der Waals surface area contributed by atoms with Gasteiger partial charge >= 0.3 is 0 Å². The first kappa shape index (κ1) is 14.5. The van der Waals surface area contributed by atoms with Gasteiger partial charge in [-0.05, 0) is 24.3 Å². The lowest BCUT2D eigenvalue weighted by Gasteiger charge is -2.23. The van der Waals surface area contributed by atoms with Gasteiger partial charge in [-0.3, -0.25) is 14.5 Å². The van der Waals surface area contributed by atoms with Crippen LogP contribution in [0.5, 0.6) is 0 Å². The molecule has 2 rings (SSSR count). The molecule has 106 valence electrons. The van der Waals surface area contributed by atoms with Gasteiger partial charge in [0.05, 0.1) is 11.4 Å². The molecule has 1 N–H and O–H groups in total. The van der Waals surface area contributed by atoms with E-state index in [0.29, 0.717) is 17.1 Å². The van der Waals surface area contributed by atoms with Gasteiger partial charge in [-0.15, -0.1) is 0 Å². The van der Waals surface area contributed by atoms with Crippen LogP contribution in [0.15, 0.2) is 79.2 Å². The third-order valence-electron chi connectivity index (χ3n) is 2.96. The van der Waals surface area contributed by atoms with Gasteiger partial charge in [0, 0.05) is 5.69 Å². The van der Waals surface area contributed by atoms with E-state index in [1.165, 1.54) is 11.0 Å². The van der Waals surface area contributed by atoms with E-state index in [1.54, 1.807) is 18.2 Å². The summed E-state index contributed by atoms with van der Waals surface area (Å²) in [5.41, 5.74) is 1.75. The van der Waals surface area contributed by atoms with Crippen LogP contribution in [0.4, 0.5) is 5.69 Å². The zero-order chi connectivity index (χ0) is 15.2. The molecule has 0 radical (unpaired) electrons. The van der Waals surface area contributed by atoms with E-state index in [1.807, 2.05) is 30.3 Å². The quantitative estimate of drug-likeness (QED) is 0.681. The molecule has 0 atom stereocenters. The molecule has 1 aromatic rings. The van der Waals surface area contributed by atoms with E-state index in [9.17, 15) is 9.59 Å². The summed E-state index contributed by atoms with van der Waals surface area (Å²) < 4.78 is 0. The number of hydrogen-bond donors (Lipinski definition) is 1. The second kappa shape index (κ2) is 6.52. The summed E-state index contributed by atoms with van der Waals surface area (Å²) in [6, 6.07) is 9.18. The molecule has 4 nitrogen and oxygen atoms in total. The first-order valence-electron chi connectivity index (χ1n) is 6.51. The molecular weight excluding hydrogens is 264 g/mol. The van der Waals surface area contributed by atoms with Crippen molar-refractivity contribution < 1.29 is 9.59 Å². The number of carbonyl (C=O) groups is 2. The number of hydrogen-bond acceptors (Lipinski definition) is 2. The number of allylic oxidation sites excluding steroid dienone is 4. The fourth-order valence-electron chi connectivity index (χ4n) is 2.07. The standard InChI is InChI=1S/C17H16N2O2/c1-3-5-11-15-14(4-2)18-16(20)12-17(21)19(15)13-9-7-6-8-10-13/h3-11H,1-2,12H2,(H,18,20)/b11-5-. The average molecular weight is 280 g/mol. The second-order valence-electron chi connectivity index (χ2n) is 4.39. The Balaban J connectivity index is 2.62. The minimum absolute atomic E-state index is 0.211. The van der Waals surface area contributed by atoms with Gasteiger partial charge in [0.2, 0.25) is 11.8 Å². The monoisotopic (exact) mass is 280 g/mol. The van der Waals surface area contributed by atoms with Gasteiger partial charge in [-0.1, -0.05) is 43.5 Å². The van der Waals surface area contributed by atoms with Crippen molar-refractivity contribution >= 4 is 17.5 Å². The Hall–Kier alpha value is -2.88. The van der Waals surface area contributed by atoms with Crippen molar-refractivity contribution in [2.45, 2.75) is 6.42 Å². The van der Waals surface area contributed by atoms with Crippen molar-refractivity contribution in [3.05, 3.63) is 79.2 Å². The predicted molar refractivity (Wildman–Crippen MR) is 83.2 cm³/mol. The SMILES string of the molecule is C=C/C=C\C1=C(C=C)NC(=O)CC(=O)N1c1ccccc1. The van der Waals surface area contributed by atoms with Gasteiger partial charge in [0.25, 0.3) is 0 Å². The molecule has 1 aromatic carbocycles.